The van der Waals surface area contributed by atoms with Crippen LogP contribution in [0.1, 0.15) is 32.1 Å². The molecule has 4 aromatic rings. The molecule has 0 unspecified atom stereocenters. The van der Waals surface area contributed by atoms with E-state index in [1.165, 1.54) is 41.0 Å². The van der Waals surface area contributed by atoms with Crippen LogP contribution in [-0.2, 0) is 6.42 Å². The second-order valence-corrected chi connectivity index (χ2v) is 9.09. The van der Waals surface area contributed by atoms with Gasteiger partial charge in [-0.15, -0.1) is 0 Å². The fraction of sp³-hybridized carbons (Fsp3) is 0.0435. The van der Waals surface area contributed by atoms with Crippen molar-refractivity contribution in [2.45, 2.75) is 6.42 Å². The second-order valence-electron chi connectivity index (χ2n) is 7.17. The maximum Gasteiger partial charge on any atom is 0.213 e. The number of para-hydroxylation sites is 2. The van der Waals surface area contributed by atoms with Gasteiger partial charge in [-0.2, -0.15) is 0 Å². The number of aromatic nitrogens is 2. The number of halogens is 5. The van der Waals surface area contributed by atoms with Crippen molar-refractivity contribution in [1.29, 1.82) is 0 Å². The fourth-order valence-corrected chi connectivity index (χ4v) is 4.53. The predicted molar refractivity (Wildman–Crippen MR) is 133 cm³/mol. The Morgan fingerprint density at radius 1 is 0.882 bits per heavy atom. The third kappa shape index (κ3) is 4.28. The number of ketones is 2. The van der Waals surface area contributed by atoms with E-state index < -0.39 is 17.3 Å². The molecule has 11 heteroatoms. The molecule has 0 aliphatic carbocycles. The minimum absolute atomic E-state index is 0.00152. The summed E-state index contributed by atoms with van der Waals surface area (Å²) in [6, 6.07) is 11.7. The van der Waals surface area contributed by atoms with Crippen molar-refractivity contribution in [2.24, 2.45) is 0 Å². The molecule has 0 bridgehead atoms. The summed E-state index contributed by atoms with van der Waals surface area (Å²) in [6.07, 6.45) is -0.262. The second kappa shape index (κ2) is 9.56. The summed E-state index contributed by atoms with van der Waals surface area (Å²) >= 11 is 31.3. The summed E-state index contributed by atoms with van der Waals surface area (Å²) in [6.45, 7) is 0. The SMILES string of the molecule is O=C(Cc1[nH]c(Cl)c(Cl)c1-n1c(C(=O)c2cccc(Cl)c2O)cc(Cl)c1Cl)c1ccccc1O. The number of aromatic hydroxyl groups is 2. The zero-order valence-electron chi connectivity index (χ0n) is 16.9. The number of nitrogens with zero attached hydrogens (tertiary/aromatic N) is 1. The number of benzene rings is 2. The van der Waals surface area contributed by atoms with Crippen molar-refractivity contribution >= 4 is 69.6 Å². The first kappa shape index (κ1) is 24.5. The van der Waals surface area contributed by atoms with Gasteiger partial charge in [0, 0.05) is 5.69 Å². The number of rotatable bonds is 6. The quantitative estimate of drug-likeness (QED) is 0.219. The molecule has 0 fully saturated rings. The van der Waals surface area contributed by atoms with Crippen LogP contribution in [0.4, 0.5) is 0 Å². The van der Waals surface area contributed by atoms with Gasteiger partial charge in [0.15, 0.2) is 5.78 Å². The van der Waals surface area contributed by atoms with Gasteiger partial charge in [0.2, 0.25) is 5.78 Å². The molecule has 0 radical (unpaired) electrons. The summed E-state index contributed by atoms with van der Waals surface area (Å²) in [5.41, 5.74) is 0.289. The zero-order valence-corrected chi connectivity index (χ0v) is 20.7. The van der Waals surface area contributed by atoms with Crippen LogP contribution in [0.3, 0.4) is 0 Å². The maximum absolute atomic E-state index is 13.4. The summed E-state index contributed by atoms with van der Waals surface area (Å²) in [5, 5.41) is 20.3. The first-order chi connectivity index (χ1) is 16.1. The molecule has 0 atom stereocenters. The van der Waals surface area contributed by atoms with Gasteiger partial charge in [-0.25, -0.2) is 0 Å². The van der Waals surface area contributed by atoms with Crippen molar-refractivity contribution in [3.63, 3.8) is 0 Å². The number of phenolic OH excluding ortho intramolecular Hbond substituents is 2. The highest BCUT2D eigenvalue weighted by Crippen LogP contribution is 2.40. The van der Waals surface area contributed by atoms with Crippen LogP contribution in [0, 0.1) is 0 Å². The Hall–Kier alpha value is -2.61. The number of hydrogen-bond acceptors (Lipinski definition) is 4. The summed E-state index contributed by atoms with van der Waals surface area (Å²) in [7, 11) is 0. The third-order valence-corrected chi connectivity index (χ3v) is 6.88. The molecule has 0 spiro atoms. The molecule has 0 amide bonds. The maximum atomic E-state index is 13.4. The van der Waals surface area contributed by atoms with Crippen molar-refractivity contribution < 1.29 is 19.8 Å². The van der Waals surface area contributed by atoms with E-state index in [9.17, 15) is 19.8 Å². The molecular weight excluding hydrogens is 546 g/mol. The number of hydrogen-bond donors (Lipinski definition) is 3. The van der Waals surface area contributed by atoms with Crippen molar-refractivity contribution in [3.05, 3.63) is 96.4 Å². The number of aromatic amines is 1. The average Bonchev–Trinajstić information content (AvgIpc) is 3.24. The lowest BCUT2D eigenvalue weighted by molar-refractivity contribution is 0.0988. The highest BCUT2D eigenvalue weighted by Gasteiger charge is 2.29. The van der Waals surface area contributed by atoms with Crippen LogP contribution in [-0.4, -0.2) is 31.3 Å². The minimum Gasteiger partial charge on any atom is -0.507 e. The van der Waals surface area contributed by atoms with E-state index in [-0.39, 0.29) is 65.7 Å². The Labute approximate surface area is 218 Å². The van der Waals surface area contributed by atoms with E-state index >= 15 is 0 Å². The van der Waals surface area contributed by atoms with Gasteiger partial charge in [-0.05, 0) is 30.3 Å². The molecule has 4 rings (SSSR count). The van der Waals surface area contributed by atoms with Gasteiger partial charge in [0.25, 0.3) is 0 Å². The van der Waals surface area contributed by atoms with E-state index in [1.54, 1.807) is 12.1 Å². The van der Waals surface area contributed by atoms with Crippen LogP contribution in [0.15, 0.2) is 48.5 Å². The molecule has 3 N–H and O–H groups in total. The highest BCUT2D eigenvalue weighted by atomic mass is 35.5. The molecule has 2 aromatic carbocycles. The van der Waals surface area contributed by atoms with Gasteiger partial charge < -0.3 is 15.2 Å². The van der Waals surface area contributed by atoms with Crippen molar-refractivity contribution in [1.82, 2.24) is 9.55 Å². The Bertz CT molecular complexity index is 1460. The fourth-order valence-electron chi connectivity index (χ4n) is 3.49. The van der Waals surface area contributed by atoms with Gasteiger partial charge in [-0.1, -0.05) is 76.2 Å². The highest BCUT2D eigenvalue weighted by molar-refractivity contribution is 6.44. The average molecular weight is 559 g/mol. The predicted octanol–water partition coefficient (Wildman–Crippen LogP) is 7.14. The zero-order chi connectivity index (χ0) is 24.7. The normalized spacial score (nSPS) is 11.1. The van der Waals surface area contributed by atoms with E-state index in [1.807, 2.05) is 0 Å². The largest absolute Gasteiger partial charge is 0.507 e. The summed E-state index contributed by atoms with van der Waals surface area (Å²) in [4.78, 5) is 29.1. The van der Waals surface area contributed by atoms with Crippen LogP contribution in [0.2, 0.25) is 25.4 Å². The van der Waals surface area contributed by atoms with E-state index in [0.29, 0.717) is 0 Å². The lowest BCUT2D eigenvalue weighted by atomic mass is 10.0. The molecule has 2 heterocycles. The van der Waals surface area contributed by atoms with E-state index in [4.69, 9.17) is 58.0 Å². The van der Waals surface area contributed by atoms with E-state index in [0.717, 1.165) is 0 Å². The smallest absolute Gasteiger partial charge is 0.213 e. The number of nitrogens with one attached hydrogen (secondary N) is 1. The van der Waals surface area contributed by atoms with Crippen LogP contribution in [0.25, 0.3) is 5.69 Å². The third-order valence-electron chi connectivity index (χ3n) is 5.07. The van der Waals surface area contributed by atoms with Crippen molar-refractivity contribution in [3.8, 4) is 17.2 Å². The molecular formula is C23H13Cl5N2O4. The molecule has 0 aliphatic heterocycles. The van der Waals surface area contributed by atoms with Crippen LogP contribution >= 0.6 is 58.0 Å². The molecule has 0 saturated heterocycles. The lowest BCUT2D eigenvalue weighted by Crippen LogP contribution is -2.12. The molecule has 34 heavy (non-hydrogen) atoms. The van der Waals surface area contributed by atoms with Gasteiger partial charge in [0.1, 0.15) is 26.8 Å². The Balaban J connectivity index is 1.86. The number of H-pyrrole nitrogens is 1. The number of phenols is 2. The van der Waals surface area contributed by atoms with Gasteiger partial charge in [-0.3, -0.25) is 14.2 Å². The molecule has 0 saturated carbocycles. The molecule has 2 aromatic heterocycles. The van der Waals surface area contributed by atoms with Crippen molar-refractivity contribution in [2.75, 3.05) is 0 Å². The monoisotopic (exact) mass is 556 g/mol. The molecule has 174 valence electrons. The topological polar surface area (TPSA) is 95.3 Å². The number of Topliss-reactive ketones (excluding diaryl/α,β-unsaturated/α-hetero) is 1. The summed E-state index contributed by atoms with van der Waals surface area (Å²) < 4.78 is 1.24. The van der Waals surface area contributed by atoms with Crippen LogP contribution < -0.4 is 0 Å². The minimum atomic E-state index is -0.653. The van der Waals surface area contributed by atoms with Gasteiger partial charge in [0.05, 0.1) is 39.0 Å². The lowest BCUT2D eigenvalue weighted by Gasteiger charge is -2.13. The first-order valence-electron chi connectivity index (χ1n) is 9.58. The Morgan fingerprint density at radius 3 is 2.26 bits per heavy atom. The first-order valence-corrected chi connectivity index (χ1v) is 11.5. The number of carbonyl (C=O) groups is 2. The van der Waals surface area contributed by atoms with Gasteiger partial charge >= 0.3 is 0 Å². The Morgan fingerprint density at radius 2 is 1.56 bits per heavy atom. The molecule has 6 nitrogen and oxygen atoms in total. The Kier molecular flexibility index (Phi) is 6.90. The molecule has 0 aliphatic rings. The van der Waals surface area contributed by atoms with Crippen LogP contribution in [0.5, 0.6) is 11.5 Å². The standard InChI is InChI=1S/C23H13Cl5N2O4/c24-12-6-3-5-11(20(12)33)21(34)15-8-13(25)23(28)30(15)19-14(29-22(27)18(19)26)9-17(32)10-4-1-2-7-16(10)31/h1-8,29,31,33H,9H2. The summed E-state index contributed by atoms with van der Waals surface area (Å²) in [5.74, 6) is -1.70. The van der Waals surface area contributed by atoms with E-state index in [2.05, 4.69) is 4.98 Å². The number of carbonyl (C=O) groups excluding carboxylic acids is 2.